The van der Waals surface area contributed by atoms with Crippen LogP contribution in [0.5, 0.6) is 0 Å². The molecular formula is C23H23N9O3. The Kier molecular flexibility index (Phi) is 5.72. The summed E-state index contributed by atoms with van der Waals surface area (Å²) in [5.41, 5.74) is 4.76. The molecule has 0 aromatic carbocycles. The molecule has 0 aliphatic carbocycles. The number of carbonyl (C=O) groups excluding carboxylic acids is 1. The van der Waals surface area contributed by atoms with E-state index in [1.54, 1.807) is 27.8 Å². The number of aromatic nitrogens is 9. The second kappa shape index (κ2) is 9.31. The molecule has 5 aromatic rings. The van der Waals surface area contributed by atoms with E-state index in [2.05, 4.69) is 25.5 Å². The molecular weight excluding hydrogens is 450 g/mol. The zero-order valence-electron chi connectivity index (χ0n) is 18.9. The summed E-state index contributed by atoms with van der Waals surface area (Å²) in [6.45, 7) is 2.34. The third kappa shape index (κ3) is 4.40. The van der Waals surface area contributed by atoms with Gasteiger partial charge in [-0.1, -0.05) is 5.21 Å². The highest BCUT2D eigenvalue weighted by atomic mass is 16.7. The molecule has 0 radical (unpaired) electrons. The Labute approximate surface area is 199 Å². The van der Waals surface area contributed by atoms with Crippen molar-refractivity contribution in [2.75, 3.05) is 13.2 Å². The van der Waals surface area contributed by atoms with Crippen LogP contribution in [-0.2, 0) is 22.6 Å². The van der Waals surface area contributed by atoms with Crippen molar-refractivity contribution in [3.8, 4) is 11.3 Å². The van der Waals surface area contributed by atoms with Gasteiger partial charge < -0.3 is 9.47 Å². The molecule has 35 heavy (non-hydrogen) atoms. The van der Waals surface area contributed by atoms with Gasteiger partial charge in [0.2, 0.25) is 5.65 Å². The fourth-order valence-electron chi connectivity index (χ4n) is 4.14. The first kappa shape index (κ1) is 21.5. The summed E-state index contributed by atoms with van der Waals surface area (Å²) >= 11 is 0. The monoisotopic (exact) mass is 473 g/mol. The molecule has 6 rings (SSSR count). The summed E-state index contributed by atoms with van der Waals surface area (Å²) in [4.78, 5) is 20.4. The number of hydrogen-bond donors (Lipinski definition) is 0. The van der Waals surface area contributed by atoms with Gasteiger partial charge in [-0.15, -0.1) is 5.10 Å². The van der Waals surface area contributed by atoms with Crippen LogP contribution in [0.3, 0.4) is 0 Å². The van der Waals surface area contributed by atoms with Crippen molar-refractivity contribution in [1.82, 2.24) is 44.4 Å². The summed E-state index contributed by atoms with van der Waals surface area (Å²) in [5.74, 6) is 0. The average molecular weight is 473 g/mol. The van der Waals surface area contributed by atoms with Crippen molar-refractivity contribution in [3.05, 3.63) is 54.2 Å². The SMILES string of the molecule is O=Cc1cnn2ccc(Cn3nnc4ncc(-c5cnn(CCOC6CCCCO6)c5)nc43)cc12. The van der Waals surface area contributed by atoms with E-state index in [1.807, 2.05) is 29.2 Å². The fourth-order valence-corrected chi connectivity index (χ4v) is 4.14. The Hall–Kier alpha value is -4.03. The van der Waals surface area contributed by atoms with E-state index >= 15 is 0 Å². The summed E-state index contributed by atoms with van der Waals surface area (Å²) in [7, 11) is 0. The van der Waals surface area contributed by atoms with Crippen molar-refractivity contribution in [3.63, 3.8) is 0 Å². The standard InChI is InChI=1S/C23H23N9O3/c33-15-18-11-26-31-5-4-16(9-20(18)31)13-32-23-22(28-29-32)24-12-19(27-23)17-10-25-30(14-17)6-8-35-21-3-1-2-7-34-21/h4-5,9-12,14-15,21H,1-3,6-8,13H2. The maximum absolute atomic E-state index is 11.3. The molecule has 12 heteroatoms. The molecule has 1 aliphatic heterocycles. The molecule has 0 bridgehead atoms. The van der Waals surface area contributed by atoms with Gasteiger partial charge in [-0.25, -0.2) is 19.2 Å². The summed E-state index contributed by atoms with van der Waals surface area (Å²) in [5, 5.41) is 17.0. The lowest BCUT2D eigenvalue weighted by molar-refractivity contribution is -0.163. The highest BCUT2D eigenvalue weighted by Gasteiger charge is 2.15. The van der Waals surface area contributed by atoms with Crippen LogP contribution in [0.4, 0.5) is 0 Å². The number of rotatable bonds is 8. The first-order chi connectivity index (χ1) is 17.3. The van der Waals surface area contributed by atoms with Crippen molar-refractivity contribution >= 4 is 23.1 Å². The highest BCUT2D eigenvalue weighted by Crippen LogP contribution is 2.19. The van der Waals surface area contributed by atoms with E-state index in [9.17, 15) is 4.79 Å². The van der Waals surface area contributed by atoms with Gasteiger partial charge in [0.05, 0.1) is 55.1 Å². The average Bonchev–Trinajstić information content (AvgIpc) is 3.63. The number of hydrogen-bond acceptors (Lipinski definition) is 9. The van der Waals surface area contributed by atoms with Crippen LogP contribution in [0.15, 0.2) is 43.1 Å². The molecule has 1 atom stereocenters. The van der Waals surface area contributed by atoms with Gasteiger partial charge in [0.15, 0.2) is 18.2 Å². The number of nitrogens with zero attached hydrogens (tertiary/aromatic N) is 9. The normalized spacial score (nSPS) is 16.3. The predicted octanol–water partition coefficient (Wildman–Crippen LogP) is 2.14. The van der Waals surface area contributed by atoms with Crippen LogP contribution in [0, 0.1) is 0 Å². The Balaban J connectivity index is 1.19. The zero-order valence-corrected chi connectivity index (χ0v) is 18.9. The molecule has 0 spiro atoms. The highest BCUT2D eigenvalue weighted by molar-refractivity contribution is 5.85. The molecule has 1 unspecified atom stereocenters. The van der Waals surface area contributed by atoms with Crippen LogP contribution in [0.2, 0.25) is 0 Å². The van der Waals surface area contributed by atoms with E-state index < -0.39 is 0 Å². The minimum Gasteiger partial charge on any atom is -0.353 e. The van der Waals surface area contributed by atoms with Crippen LogP contribution < -0.4 is 0 Å². The minimum atomic E-state index is -0.112. The number of pyridine rings is 1. The molecule has 1 aliphatic rings. The second-order valence-electron chi connectivity index (χ2n) is 8.39. The number of ether oxygens (including phenoxy) is 2. The van der Waals surface area contributed by atoms with E-state index in [-0.39, 0.29) is 6.29 Å². The molecule has 1 saturated heterocycles. The van der Waals surface area contributed by atoms with E-state index in [4.69, 9.17) is 14.5 Å². The Bertz CT molecular complexity index is 1480. The van der Waals surface area contributed by atoms with E-state index in [0.29, 0.717) is 42.2 Å². The largest absolute Gasteiger partial charge is 0.353 e. The van der Waals surface area contributed by atoms with Crippen molar-refractivity contribution in [1.29, 1.82) is 0 Å². The molecule has 0 N–H and O–H groups in total. The summed E-state index contributed by atoms with van der Waals surface area (Å²) < 4.78 is 16.6. The lowest BCUT2D eigenvalue weighted by atomic mass is 10.2. The van der Waals surface area contributed by atoms with Crippen molar-refractivity contribution in [2.45, 2.75) is 38.6 Å². The number of aldehydes is 1. The maximum atomic E-state index is 11.3. The van der Waals surface area contributed by atoms with Gasteiger partial charge in [0.1, 0.15) is 0 Å². The van der Waals surface area contributed by atoms with Gasteiger partial charge in [-0.2, -0.15) is 10.2 Å². The van der Waals surface area contributed by atoms with Crippen molar-refractivity contribution < 1.29 is 14.3 Å². The zero-order chi connectivity index (χ0) is 23.6. The van der Waals surface area contributed by atoms with Crippen molar-refractivity contribution in [2.24, 2.45) is 0 Å². The smallest absolute Gasteiger partial charge is 0.221 e. The summed E-state index contributed by atoms with van der Waals surface area (Å²) in [6.07, 6.45) is 12.6. The van der Waals surface area contributed by atoms with Crippen LogP contribution >= 0.6 is 0 Å². The van der Waals surface area contributed by atoms with Crippen LogP contribution in [-0.4, -0.2) is 70.1 Å². The van der Waals surface area contributed by atoms with Gasteiger partial charge in [0.25, 0.3) is 0 Å². The third-order valence-electron chi connectivity index (χ3n) is 5.99. The summed E-state index contributed by atoms with van der Waals surface area (Å²) in [6, 6.07) is 3.83. The maximum Gasteiger partial charge on any atom is 0.221 e. The molecule has 178 valence electrons. The van der Waals surface area contributed by atoms with Crippen LogP contribution in [0.25, 0.3) is 28.1 Å². The van der Waals surface area contributed by atoms with Gasteiger partial charge in [0, 0.05) is 24.6 Å². The second-order valence-corrected chi connectivity index (χ2v) is 8.39. The molecule has 0 amide bonds. The first-order valence-corrected chi connectivity index (χ1v) is 11.5. The topological polar surface area (TPSA) is 127 Å². The van der Waals surface area contributed by atoms with Crippen LogP contribution in [0.1, 0.15) is 35.2 Å². The first-order valence-electron chi connectivity index (χ1n) is 11.5. The molecule has 1 fully saturated rings. The third-order valence-corrected chi connectivity index (χ3v) is 5.99. The lowest BCUT2D eigenvalue weighted by Crippen LogP contribution is -2.24. The molecule has 0 saturated carbocycles. The lowest BCUT2D eigenvalue weighted by Gasteiger charge is -2.22. The minimum absolute atomic E-state index is 0.112. The van der Waals surface area contributed by atoms with E-state index in [0.717, 1.165) is 48.8 Å². The number of carbonyl (C=O) groups is 1. The van der Waals surface area contributed by atoms with E-state index in [1.165, 1.54) is 0 Å². The van der Waals surface area contributed by atoms with Gasteiger partial charge >= 0.3 is 0 Å². The van der Waals surface area contributed by atoms with Gasteiger partial charge in [-0.05, 0) is 37.0 Å². The molecule has 6 heterocycles. The number of fused-ring (bicyclic) bond motifs is 2. The Morgan fingerprint density at radius 1 is 1.20 bits per heavy atom. The quantitative estimate of drug-likeness (QED) is 0.311. The predicted molar refractivity (Wildman–Crippen MR) is 124 cm³/mol. The Morgan fingerprint density at radius 3 is 3.06 bits per heavy atom. The fraction of sp³-hybridized carbons (Fsp3) is 0.348. The van der Waals surface area contributed by atoms with Gasteiger partial charge in [-0.3, -0.25) is 9.48 Å². The molecule has 5 aromatic heterocycles. The Morgan fingerprint density at radius 2 is 2.17 bits per heavy atom. The molecule has 12 nitrogen and oxygen atoms in total.